The third kappa shape index (κ3) is 5.05. The molecular weight excluding hydrogens is 460 g/mol. The Morgan fingerprint density at radius 1 is 1.00 bits per heavy atom. The highest BCUT2D eigenvalue weighted by Crippen LogP contribution is 2.30. The van der Waals surface area contributed by atoms with Crippen LogP contribution in [-0.2, 0) is 16.2 Å². The second-order valence-electron chi connectivity index (χ2n) is 7.12. The van der Waals surface area contributed by atoms with Gasteiger partial charge in [0, 0.05) is 5.02 Å². The average Bonchev–Trinajstić information content (AvgIpc) is 2.82. The molecule has 0 aromatic heterocycles. The van der Waals surface area contributed by atoms with Crippen LogP contribution >= 0.6 is 23.8 Å². The smallest absolute Gasteiger partial charge is 0.270 e. The Kier molecular flexibility index (Phi) is 6.72. The van der Waals surface area contributed by atoms with Gasteiger partial charge in [0.2, 0.25) is 0 Å². The Labute approximate surface area is 201 Å². The minimum absolute atomic E-state index is 0.00564. The molecule has 166 valence electrons. The molecule has 3 aromatic rings. The Morgan fingerprint density at radius 2 is 1.73 bits per heavy atom. The molecule has 0 unspecified atom stereocenters. The molecule has 1 fully saturated rings. The molecule has 1 saturated heterocycles. The number of hydrogen-bond donors (Lipinski definition) is 1. The van der Waals surface area contributed by atoms with Crippen LogP contribution in [0.5, 0.6) is 11.5 Å². The van der Waals surface area contributed by atoms with Crippen LogP contribution in [0.2, 0.25) is 5.02 Å². The molecule has 0 atom stereocenters. The summed E-state index contributed by atoms with van der Waals surface area (Å²) in [6.45, 7) is 0.343. The molecule has 0 radical (unpaired) electrons. The topological polar surface area (TPSA) is 67.9 Å². The van der Waals surface area contributed by atoms with Gasteiger partial charge in [0.1, 0.15) is 12.2 Å². The number of hydrogen-bond acceptors (Lipinski definition) is 5. The quantitative estimate of drug-likeness (QED) is 0.314. The van der Waals surface area contributed by atoms with Crippen molar-refractivity contribution in [3.8, 4) is 11.5 Å². The van der Waals surface area contributed by atoms with Crippen LogP contribution in [-0.4, -0.2) is 24.0 Å². The number of rotatable bonds is 6. The summed E-state index contributed by atoms with van der Waals surface area (Å²) in [5, 5.41) is 3.10. The molecule has 0 bridgehead atoms. The lowest BCUT2D eigenvalue weighted by molar-refractivity contribution is -0.122. The van der Waals surface area contributed by atoms with Crippen LogP contribution in [0.25, 0.3) is 6.08 Å². The Balaban J connectivity index is 1.63. The number of amides is 2. The van der Waals surface area contributed by atoms with E-state index in [2.05, 4.69) is 5.32 Å². The lowest BCUT2D eigenvalue weighted by Gasteiger charge is -2.29. The van der Waals surface area contributed by atoms with Crippen LogP contribution in [0.15, 0.2) is 78.4 Å². The molecule has 33 heavy (non-hydrogen) atoms. The molecule has 0 saturated carbocycles. The van der Waals surface area contributed by atoms with E-state index in [1.165, 1.54) is 11.0 Å². The highest BCUT2D eigenvalue weighted by Gasteiger charge is 2.34. The van der Waals surface area contributed by atoms with E-state index in [9.17, 15) is 9.59 Å². The third-order valence-corrected chi connectivity index (χ3v) is 5.46. The third-order valence-electron chi connectivity index (χ3n) is 4.92. The van der Waals surface area contributed by atoms with Gasteiger partial charge in [-0.3, -0.25) is 19.8 Å². The first-order valence-electron chi connectivity index (χ1n) is 9.98. The van der Waals surface area contributed by atoms with Crippen molar-refractivity contribution in [3.05, 3.63) is 94.5 Å². The summed E-state index contributed by atoms with van der Waals surface area (Å²) in [6.07, 6.45) is 1.50. The zero-order valence-electron chi connectivity index (χ0n) is 17.6. The second-order valence-corrected chi connectivity index (χ2v) is 7.94. The van der Waals surface area contributed by atoms with Crippen molar-refractivity contribution in [2.75, 3.05) is 12.0 Å². The summed E-state index contributed by atoms with van der Waals surface area (Å²) in [4.78, 5) is 27.0. The minimum atomic E-state index is -0.571. The van der Waals surface area contributed by atoms with E-state index in [0.717, 1.165) is 5.56 Å². The lowest BCUT2D eigenvalue weighted by Crippen LogP contribution is -2.54. The number of nitrogens with zero attached hydrogens (tertiary/aromatic N) is 1. The van der Waals surface area contributed by atoms with Crippen LogP contribution in [0.3, 0.4) is 0 Å². The fourth-order valence-electron chi connectivity index (χ4n) is 3.28. The van der Waals surface area contributed by atoms with Crippen LogP contribution in [0.4, 0.5) is 5.69 Å². The summed E-state index contributed by atoms with van der Waals surface area (Å²) in [6, 6.07) is 21.5. The SMILES string of the molecule is COc1ccc(C=C2C(=O)NC(=S)N(c3ccc(Cl)cc3)C2=O)cc1OCc1ccccc1. The molecule has 1 N–H and O–H groups in total. The lowest BCUT2D eigenvalue weighted by atomic mass is 10.1. The van der Waals surface area contributed by atoms with Gasteiger partial charge in [0.05, 0.1) is 12.8 Å². The van der Waals surface area contributed by atoms with Gasteiger partial charge in [0.15, 0.2) is 16.6 Å². The van der Waals surface area contributed by atoms with Crippen molar-refractivity contribution in [1.29, 1.82) is 0 Å². The predicted molar refractivity (Wildman–Crippen MR) is 131 cm³/mol. The van der Waals surface area contributed by atoms with E-state index < -0.39 is 11.8 Å². The number of methoxy groups -OCH3 is 1. The van der Waals surface area contributed by atoms with Gasteiger partial charge < -0.3 is 9.47 Å². The largest absolute Gasteiger partial charge is 0.493 e. The van der Waals surface area contributed by atoms with Crippen LogP contribution < -0.4 is 19.7 Å². The van der Waals surface area contributed by atoms with Gasteiger partial charge in [-0.2, -0.15) is 0 Å². The van der Waals surface area contributed by atoms with Gasteiger partial charge in [-0.25, -0.2) is 0 Å². The molecule has 1 aliphatic rings. The van der Waals surface area contributed by atoms with Crippen molar-refractivity contribution < 1.29 is 19.1 Å². The summed E-state index contributed by atoms with van der Waals surface area (Å²) in [5.41, 5.74) is 2.04. The van der Waals surface area contributed by atoms with Crippen molar-refractivity contribution in [3.63, 3.8) is 0 Å². The first-order valence-corrected chi connectivity index (χ1v) is 10.8. The fourth-order valence-corrected chi connectivity index (χ4v) is 3.69. The van der Waals surface area contributed by atoms with E-state index in [-0.39, 0.29) is 10.7 Å². The predicted octanol–water partition coefficient (Wildman–Crippen LogP) is 4.76. The van der Waals surface area contributed by atoms with Crippen LogP contribution in [0.1, 0.15) is 11.1 Å². The number of carbonyl (C=O) groups is 2. The number of carbonyl (C=O) groups excluding carboxylic acids is 2. The Hall–Kier alpha value is -3.68. The number of halogens is 1. The number of thiocarbonyl (C=S) groups is 1. The molecular formula is C25H19ClN2O4S. The molecule has 8 heteroatoms. The maximum Gasteiger partial charge on any atom is 0.270 e. The summed E-state index contributed by atoms with van der Waals surface area (Å²) < 4.78 is 11.3. The standard InChI is InChI=1S/C25H19ClN2O4S/c1-31-21-12-7-17(14-22(21)32-15-16-5-3-2-4-6-16)13-20-23(29)27-25(33)28(24(20)30)19-10-8-18(26)9-11-19/h2-14H,15H2,1H3,(H,27,29,33). The number of ether oxygens (including phenoxy) is 2. The van der Waals surface area contributed by atoms with Crippen molar-refractivity contribution in [2.45, 2.75) is 6.61 Å². The number of nitrogens with one attached hydrogen (secondary N) is 1. The van der Waals surface area contributed by atoms with Crippen molar-refractivity contribution in [1.82, 2.24) is 5.32 Å². The maximum absolute atomic E-state index is 13.2. The van der Waals surface area contributed by atoms with Gasteiger partial charge in [0.25, 0.3) is 11.8 Å². The molecule has 1 heterocycles. The first kappa shape index (κ1) is 22.5. The van der Waals surface area contributed by atoms with Gasteiger partial charge >= 0.3 is 0 Å². The summed E-state index contributed by atoms with van der Waals surface area (Å²) in [5.74, 6) is -0.0765. The molecule has 6 nitrogen and oxygen atoms in total. The van der Waals surface area contributed by atoms with Crippen LogP contribution in [0, 0.1) is 0 Å². The number of anilines is 1. The van der Waals surface area contributed by atoms with Gasteiger partial charge in [-0.1, -0.05) is 48.0 Å². The van der Waals surface area contributed by atoms with Gasteiger partial charge in [-0.15, -0.1) is 0 Å². The fraction of sp³-hybridized carbons (Fsp3) is 0.0800. The zero-order chi connectivity index (χ0) is 23.4. The van der Waals surface area contributed by atoms with Gasteiger partial charge in [-0.05, 0) is 65.8 Å². The van der Waals surface area contributed by atoms with E-state index in [1.54, 1.807) is 49.6 Å². The monoisotopic (exact) mass is 478 g/mol. The molecule has 0 aliphatic carbocycles. The molecule has 2 amide bonds. The molecule has 1 aliphatic heterocycles. The second kappa shape index (κ2) is 9.85. The molecule has 3 aromatic carbocycles. The first-order chi connectivity index (χ1) is 16.0. The number of benzene rings is 3. The Morgan fingerprint density at radius 3 is 2.42 bits per heavy atom. The van der Waals surface area contributed by atoms with E-state index in [1.807, 2.05) is 30.3 Å². The van der Waals surface area contributed by atoms with Crippen molar-refractivity contribution in [2.24, 2.45) is 0 Å². The highest BCUT2D eigenvalue weighted by molar-refractivity contribution is 7.80. The normalized spacial score (nSPS) is 14.9. The van der Waals surface area contributed by atoms with E-state index >= 15 is 0 Å². The van der Waals surface area contributed by atoms with Crippen molar-refractivity contribution >= 4 is 52.5 Å². The summed E-state index contributed by atoms with van der Waals surface area (Å²) in [7, 11) is 1.55. The van der Waals surface area contributed by atoms with E-state index in [4.69, 9.17) is 33.3 Å². The Bertz CT molecular complexity index is 1240. The maximum atomic E-state index is 13.2. The summed E-state index contributed by atoms with van der Waals surface area (Å²) >= 11 is 11.2. The molecule has 4 rings (SSSR count). The average molecular weight is 479 g/mol. The zero-order valence-corrected chi connectivity index (χ0v) is 19.2. The molecule has 0 spiro atoms. The minimum Gasteiger partial charge on any atom is -0.493 e. The highest BCUT2D eigenvalue weighted by atomic mass is 35.5. The van der Waals surface area contributed by atoms with E-state index in [0.29, 0.717) is 34.4 Å².